The average Bonchev–Trinajstić information content (AvgIpc) is 2.46. The summed E-state index contributed by atoms with van der Waals surface area (Å²) in [5, 5.41) is 3.04. The molecular weight excluding hydrogens is 293 g/mol. The second-order valence-corrected chi connectivity index (χ2v) is 6.98. The van der Waals surface area contributed by atoms with E-state index in [-0.39, 0.29) is 18.4 Å². The number of benzene rings is 1. The molecule has 1 aromatic rings. The van der Waals surface area contributed by atoms with E-state index in [1.165, 1.54) is 16.4 Å². The van der Waals surface area contributed by atoms with E-state index in [4.69, 9.17) is 0 Å². The standard InChI is InChI=1S/C14H22FN3O2S/c1-16-11-14-7-2-3-8-18(14)21(19,20)17-10-12-5-4-6-13(15)9-12/h4-6,9,14,16-17H,2-3,7-8,10-11H2,1H3. The third kappa shape index (κ3) is 4.47. The number of hydrogen-bond acceptors (Lipinski definition) is 3. The van der Waals surface area contributed by atoms with E-state index in [2.05, 4.69) is 10.0 Å². The average molecular weight is 315 g/mol. The van der Waals surface area contributed by atoms with Crippen molar-refractivity contribution in [3.63, 3.8) is 0 Å². The smallest absolute Gasteiger partial charge is 0.280 e. The first kappa shape index (κ1) is 16.4. The summed E-state index contributed by atoms with van der Waals surface area (Å²) in [5.74, 6) is -0.363. The zero-order valence-electron chi connectivity index (χ0n) is 12.2. The topological polar surface area (TPSA) is 61.4 Å². The molecule has 1 fully saturated rings. The van der Waals surface area contributed by atoms with Crippen LogP contribution in [0.15, 0.2) is 24.3 Å². The van der Waals surface area contributed by atoms with E-state index >= 15 is 0 Å². The predicted molar refractivity (Wildman–Crippen MR) is 80.4 cm³/mol. The Bertz CT molecular complexity index is 563. The predicted octanol–water partition coefficient (Wildman–Crippen LogP) is 1.23. The Balaban J connectivity index is 2.02. The van der Waals surface area contributed by atoms with Gasteiger partial charge in [0.25, 0.3) is 10.2 Å². The van der Waals surface area contributed by atoms with Crippen LogP contribution in [-0.4, -0.2) is 38.9 Å². The highest BCUT2D eigenvalue weighted by Gasteiger charge is 2.31. The number of nitrogens with one attached hydrogen (secondary N) is 2. The first-order chi connectivity index (χ1) is 10.0. The lowest BCUT2D eigenvalue weighted by molar-refractivity contribution is 0.246. The summed E-state index contributed by atoms with van der Waals surface area (Å²) >= 11 is 0. The van der Waals surface area contributed by atoms with Crippen LogP contribution in [0.25, 0.3) is 0 Å². The third-order valence-corrected chi connectivity index (χ3v) is 5.28. The zero-order valence-corrected chi connectivity index (χ0v) is 13.0. The molecular formula is C14H22FN3O2S. The van der Waals surface area contributed by atoms with Crippen LogP contribution in [0.5, 0.6) is 0 Å². The molecule has 118 valence electrons. The number of piperidine rings is 1. The number of hydrogen-bond donors (Lipinski definition) is 2. The van der Waals surface area contributed by atoms with Gasteiger partial charge >= 0.3 is 0 Å². The molecule has 1 aliphatic heterocycles. The molecule has 21 heavy (non-hydrogen) atoms. The number of likely N-dealkylation sites (N-methyl/N-ethyl adjacent to an activating group) is 1. The van der Waals surface area contributed by atoms with Crippen molar-refractivity contribution in [1.29, 1.82) is 0 Å². The molecule has 0 aliphatic carbocycles. The number of nitrogens with zero attached hydrogens (tertiary/aromatic N) is 1. The molecule has 0 amide bonds. The highest BCUT2D eigenvalue weighted by Crippen LogP contribution is 2.19. The van der Waals surface area contributed by atoms with Gasteiger partial charge in [0.1, 0.15) is 5.82 Å². The zero-order chi connectivity index (χ0) is 15.3. The normalized spacial score (nSPS) is 20.6. The van der Waals surface area contributed by atoms with Gasteiger partial charge in [0.05, 0.1) is 0 Å². The summed E-state index contributed by atoms with van der Waals surface area (Å²) in [6, 6.07) is 5.93. The summed E-state index contributed by atoms with van der Waals surface area (Å²) in [5.41, 5.74) is 0.612. The summed E-state index contributed by atoms with van der Waals surface area (Å²) in [4.78, 5) is 0. The van der Waals surface area contributed by atoms with Gasteiger partial charge in [-0.3, -0.25) is 0 Å². The van der Waals surface area contributed by atoms with E-state index in [1.807, 2.05) is 7.05 Å². The van der Waals surface area contributed by atoms with Crippen molar-refractivity contribution in [3.05, 3.63) is 35.6 Å². The Hall–Kier alpha value is -1.02. The molecule has 0 saturated carbocycles. The molecule has 7 heteroatoms. The Morgan fingerprint density at radius 1 is 1.38 bits per heavy atom. The summed E-state index contributed by atoms with van der Waals surface area (Å²) in [7, 11) is -1.73. The van der Waals surface area contributed by atoms with E-state index in [9.17, 15) is 12.8 Å². The number of halogens is 1. The quantitative estimate of drug-likeness (QED) is 0.830. The Kier molecular flexibility index (Phi) is 5.69. The Morgan fingerprint density at radius 2 is 2.19 bits per heavy atom. The van der Waals surface area contributed by atoms with Gasteiger partial charge in [-0.25, -0.2) is 4.39 Å². The van der Waals surface area contributed by atoms with Gasteiger partial charge in [0.15, 0.2) is 0 Å². The van der Waals surface area contributed by atoms with Gasteiger partial charge in [0.2, 0.25) is 0 Å². The molecule has 0 bridgehead atoms. The van der Waals surface area contributed by atoms with Crippen molar-refractivity contribution in [1.82, 2.24) is 14.3 Å². The summed E-state index contributed by atoms with van der Waals surface area (Å²) < 4.78 is 42.0. The molecule has 0 radical (unpaired) electrons. The van der Waals surface area contributed by atoms with Crippen molar-refractivity contribution < 1.29 is 12.8 Å². The molecule has 5 nitrogen and oxygen atoms in total. The molecule has 2 N–H and O–H groups in total. The second kappa shape index (κ2) is 7.31. The molecule has 2 rings (SSSR count). The molecule has 1 aromatic carbocycles. The fourth-order valence-corrected chi connectivity index (χ4v) is 4.09. The van der Waals surface area contributed by atoms with Crippen molar-refractivity contribution in [3.8, 4) is 0 Å². The van der Waals surface area contributed by atoms with Crippen LogP contribution in [0.4, 0.5) is 4.39 Å². The fraction of sp³-hybridized carbons (Fsp3) is 0.571. The van der Waals surface area contributed by atoms with E-state index < -0.39 is 10.2 Å². The van der Waals surface area contributed by atoms with Crippen LogP contribution in [0.1, 0.15) is 24.8 Å². The molecule has 1 aliphatic rings. The van der Waals surface area contributed by atoms with Crippen LogP contribution in [0.3, 0.4) is 0 Å². The van der Waals surface area contributed by atoms with Gasteiger partial charge in [-0.05, 0) is 37.6 Å². The van der Waals surface area contributed by atoms with Gasteiger partial charge in [-0.2, -0.15) is 17.4 Å². The van der Waals surface area contributed by atoms with Crippen LogP contribution in [-0.2, 0) is 16.8 Å². The van der Waals surface area contributed by atoms with Crippen LogP contribution in [0.2, 0.25) is 0 Å². The molecule has 1 unspecified atom stereocenters. The van der Waals surface area contributed by atoms with Crippen LogP contribution < -0.4 is 10.0 Å². The minimum absolute atomic E-state index is 0.0197. The Labute approximate surface area is 125 Å². The lowest BCUT2D eigenvalue weighted by atomic mass is 10.1. The molecule has 0 spiro atoms. The molecule has 1 saturated heterocycles. The fourth-order valence-electron chi connectivity index (χ4n) is 2.63. The molecule has 1 atom stereocenters. The maximum absolute atomic E-state index is 13.1. The van der Waals surface area contributed by atoms with E-state index in [0.717, 1.165) is 19.3 Å². The van der Waals surface area contributed by atoms with Crippen molar-refractivity contribution in [2.45, 2.75) is 31.8 Å². The van der Waals surface area contributed by atoms with Crippen LogP contribution in [0, 0.1) is 5.82 Å². The molecule has 0 aromatic heterocycles. The van der Waals surface area contributed by atoms with E-state index in [0.29, 0.717) is 18.7 Å². The first-order valence-electron chi connectivity index (χ1n) is 7.18. The monoisotopic (exact) mass is 315 g/mol. The third-order valence-electron chi connectivity index (χ3n) is 3.67. The second-order valence-electron chi connectivity index (χ2n) is 5.27. The highest BCUT2D eigenvalue weighted by molar-refractivity contribution is 7.87. The lowest BCUT2D eigenvalue weighted by Gasteiger charge is -2.34. The first-order valence-corrected chi connectivity index (χ1v) is 8.62. The maximum Gasteiger partial charge on any atom is 0.280 e. The van der Waals surface area contributed by atoms with Crippen LogP contribution >= 0.6 is 0 Å². The number of rotatable bonds is 6. The Morgan fingerprint density at radius 3 is 2.90 bits per heavy atom. The largest absolute Gasteiger partial charge is 0.318 e. The highest BCUT2D eigenvalue weighted by atomic mass is 32.2. The summed E-state index contributed by atoms with van der Waals surface area (Å²) in [6.45, 7) is 1.27. The minimum Gasteiger partial charge on any atom is -0.318 e. The van der Waals surface area contributed by atoms with Gasteiger partial charge in [-0.1, -0.05) is 18.6 Å². The molecule has 1 heterocycles. The maximum atomic E-state index is 13.1. The van der Waals surface area contributed by atoms with Crippen molar-refractivity contribution in [2.75, 3.05) is 20.1 Å². The van der Waals surface area contributed by atoms with Crippen molar-refractivity contribution in [2.24, 2.45) is 0 Å². The SMILES string of the molecule is CNCC1CCCCN1S(=O)(=O)NCc1cccc(F)c1. The minimum atomic E-state index is -3.54. The van der Waals surface area contributed by atoms with Gasteiger partial charge < -0.3 is 5.32 Å². The van der Waals surface area contributed by atoms with E-state index in [1.54, 1.807) is 12.1 Å². The van der Waals surface area contributed by atoms with Gasteiger partial charge in [-0.15, -0.1) is 0 Å². The van der Waals surface area contributed by atoms with Crippen molar-refractivity contribution >= 4 is 10.2 Å². The summed E-state index contributed by atoms with van der Waals surface area (Å²) in [6.07, 6.45) is 2.78. The van der Waals surface area contributed by atoms with Gasteiger partial charge in [0, 0.05) is 25.7 Å². The lowest BCUT2D eigenvalue weighted by Crippen LogP contribution is -2.51.